The Hall–Kier alpha value is -0.740. The Labute approximate surface area is 108 Å². The topological polar surface area (TPSA) is 45.2 Å². The minimum atomic E-state index is 0.262. The molecule has 0 aliphatic rings. The first-order valence-electron chi connectivity index (χ1n) is 6.13. The summed E-state index contributed by atoms with van der Waals surface area (Å²) in [6.45, 7) is 5.47. The number of aliphatic hydroxyl groups is 1. The van der Waals surface area contributed by atoms with Crippen molar-refractivity contribution in [3.63, 3.8) is 0 Å². The summed E-state index contributed by atoms with van der Waals surface area (Å²) in [5.74, 6) is 2.25. The molecule has 1 aromatic heterocycles. The number of aromatic nitrogens is 1. The van der Waals surface area contributed by atoms with Crippen molar-refractivity contribution < 1.29 is 5.11 Å². The van der Waals surface area contributed by atoms with Crippen LogP contribution < -0.4 is 5.32 Å². The number of aliphatic hydroxyl groups excluding tert-OH is 1. The molecule has 0 radical (unpaired) electrons. The summed E-state index contributed by atoms with van der Waals surface area (Å²) in [5.41, 5.74) is 2.24. The molecule has 1 heterocycles. The summed E-state index contributed by atoms with van der Waals surface area (Å²) in [6, 6.07) is 4.10. The van der Waals surface area contributed by atoms with Gasteiger partial charge in [0, 0.05) is 30.8 Å². The molecule has 0 bridgehead atoms. The first-order chi connectivity index (χ1) is 8.26. The van der Waals surface area contributed by atoms with E-state index in [1.807, 2.05) is 24.0 Å². The van der Waals surface area contributed by atoms with E-state index in [1.54, 1.807) is 0 Å². The van der Waals surface area contributed by atoms with Gasteiger partial charge in [-0.15, -0.1) is 0 Å². The third-order valence-electron chi connectivity index (χ3n) is 2.36. The average molecular weight is 254 g/mol. The molecule has 0 aliphatic heterocycles. The summed E-state index contributed by atoms with van der Waals surface area (Å²) in [6.07, 6.45) is 2.98. The van der Waals surface area contributed by atoms with Crippen LogP contribution in [0.5, 0.6) is 0 Å². The highest BCUT2D eigenvalue weighted by atomic mass is 32.2. The molecule has 0 aromatic carbocycles. The van der Waals surface area contributed by atoms with Gasteiger partial charge in [0.05, 0.1) is 5.69 Å². The number of thioether (sulfide) groups is 1. The van der Waals surface area contributed by atoms with Gasteiger partial charge in [-0.1, -0.05) is 13.8 Å². The Balaban J connectivity index is 2.37. The molecular formula is C13H22N2OS. The molecule has 0 saturated heterocycles. The normalized spacial score (nSPS) is 12.4. The van der Waals surface area contributed by atoms with Crippen LogP contribution in [-0.2, 0) is 5.75 Å². The summed E-state index contributed by atoms with van der Waals surface area (Å²) in [5, 5.41) is 12.3. The molecule has 1 aromatic rings. The molecule has 96 valence electrons. The van der Waals surface area contributed by atoms with Crippen LogP contribution in [0.15, 0.2) is 18.3 Å². The second-order valence-electron chi connectivity index (χ2n) is 4.27. The number of hydrogen-bond donors (Lipinski definition) is 2. The van der Waals surface area contributed by atoms with E-state index in [0.29, 0.717) is 5.92 Å². The summed E-state index contributed by atoms with van der Waals surface area (Å²) >= 11 is 1.82. The van der Waals surface area contributed by atoms with Gasteiger partial charge in [0.1, 0.15) is 0 Å². The molecule has 1 rings (SSSR count). The third kappa shape index (κ3) is 5.94. The fourth-order valence-electron chi connectivity index (χ4n) is 1.35. The van der Waals surface area contributed by atoms with E-state index >= 15 is 0 Å². The second-order valence-corrected chi connectivity index (χ2v) is 5.30. The number of nitrogens with one attached hydrogen (secondary N) is 1. The monoisotopic (exact) mass is 254 g/mol. The average Bonchev–Trinajstić information content (AvgIpc) is 2.36. The smallest absolute Gasteiger partial charge is 0.0523 e. The zero-order valence-corrected chi connectivity index (χ0v) is 11.5. The van der Waals surface area contributed by atoms with Crippen LogP contribution in [0, 0.1) is 5.92 Å². The van der Waals surface area contributed by atoms with Crippen molar-refractivity contribution in [3.05, 3.63) is 24.0 Å². The summed E-state index contributed by atoms with van der Waals surface area (Å²) in [4.78, 5) is 4.35. The van der Waals surface area contributed by atoms with Crippen molar-refractivity contribution in [2.75, 3.05) is 24.2 Å². The van der Waals surface area contributed by atoms with E-state index in [4.69, 9.17) is 5.11 Å². The predicted octanol–water partition coefficient (Wildman–Crippen LogP) is 2.77. The molecule has 2 N–H and O–H groups in total. The lowest BCUT2D eigenvalue weighted by atomic mass is 10.2. The Morgan fingerprint density at radius 1 is 1.53 bits per heavy atom. The number of pyridine rings is 1. The van der Waals surface area contributed by atoms with E-state index in [-0.39, 0.29) is 6.61 Å². The molecule has 3 nitrogen and oxygen atoms in total. The lowest BCUT2D eigenvalue weighted by molar-refractivity contribution is 0.250. The highest BCUT2D eigenvalue weighted by Crippen LogP contribution is 2.16. The Kier molecular flexibility index (Phi) is 7.05. The van der Waals surface area contributed by atoms with Gasteiger partial charge in [-0.05, 0) is 30.2 Å². The van der Waals surface area contributed by atoms with E-state index in [1.165, 1.54) is 0 Å². The highest BCUT2D eigenvalue weighted by Gasteiger charge is 2.02. The van der Waals surface area contributed by atoms with Gasteiger partial charge in [-0.25, -0.2) is 0 Å². The van der Waals surface area contributed by atoms with Gasteiger partial charge < -0.3 is 10.4 Å². The van der Waals surface area contributed by atoms with Crippen molar-refractivity contribution in [1.29, 1.82) is 0 Å². The zero-order valence-electron chi connectivity index (χ0n) is 10.6. The Bertz CT molecular complexity index is 320. The lowest BCUT2D eigenvalue weighted by Crippen LogP contribution is -2.04. The van der Waals surface area contributed by atoms with Gasteiger partial charge in [-0.3, -0.25) is 4.98 Å². The van der Waals surface area contributed by atoms with Crippen molar-refractivity contribution in [3.8, 4) is 0 Å². The van der Waals surface area contributed by atoms with Gasteiger partial charge >= 0.3 is 0 Å². The number of hydrogen-bond acceptors (Lipinski definition) is 4. The first-order valence-corrected chi connectivity index (χ1v) is 7.29. The molecule has 0 saturated carbocycles. The molecule has 1 atom stereocenters. The van der Waals surface area contributed by atoms with Crippen molar-refractivity contribution in [1.82, 2.24) is 4.98 Å². The van der Waals surface area contributed by atoms with Crippen LogP contribution in [0.3, 0.4) is 0 Å². The largest absolute Gasteiger partial charge is 0.396 e. The van der Waals surface area contributed by atoms with E-state index < -0.39 is 0 Å². The van der Waals surface area contributed by atoms with Gasteiger partial charge in [-0.2, -0.15) is 11.8 Å². The van der Waals surface area contributed by atoms with Gasteiger partial charge in [0.15, 0.2) is 0 Å². The molecule has 17 heavy (non-hydrogen) atoms. The summed E-state index contributed by atoms with van der Waals surface area (Å²) in [7, 11) is 0. The van der Waals surface area contributed by atoms with Crippen LogP contribution in [0.1, 0.15) is 26.0 Å². The van der Waals surface area contributed by atoms with Crippen LogP contribution >= 0.6 is 11.8 Å². The first kappa shape index (κ1) is 14.3. The molecule has 1 unspecified atom stereocenters. The van der Waals surface area contributed by atoms with Crippen molar-refractivity contribution in [2.45, 2.75) is 26.0 Å². The Morgan fingerprint density at radius 3 is 3.06 bits per heavy atom. The highest BCUT2D eigenvalue weighted by molar-refractivity contribution is 7.98. The minimum absolute atomic E-state index is 0.262. The van der Waals surface area contributed by atoms with Crippen molar-refractivity contribution >= 4 is 17.4 Å². The fraction of sp³-hybridized carbons (Fsp3) is 0.615. The fourth-order valence-corrected chi connectivity index (χ4v) is 2.35. The minimum Gasteiger partial charge on any atom is -0.396 e. The van der Waals surface area contributed by atoms with E-state index in [9.17, 15) is 0 Å². The number of anilines is 1. The van der Waals surface area contributed by atoms with Crippen LogP contribution in [0.25, 0.3) is 0 Å². The van der Waals surface area contributed by atoms with E-state index in [2.05, 4.69) is 30.2 Å². The summed E-state index contributed by atoms with van der Waals surface area (Å²) < 4.78 is 0. The maximum Gasteiger partial charge on any atom is 0.0523 e. The molecule has 0 fully saturated rings. The molecule has 0 amide bonds. The standard InChI is InChI=1S/C13H22N2OS/c1-3-5-14-12-4-6-15-13(7-12)10-17-9-11(2)8-16/h4,6-7,11,16H,3,5,8-10H2,1-2H3,(H,14,15). The predicted molar refractivity (Wildman–Crippen MR) is 75.4 cm³/mol. The van der Waals surface area contributed by atoms with Crippen LogP contribution in [0.2, 0.25) is 0 Å². The second kappa shape index (κ2) is 8.37. The maximum atomic E-state index is 8.93. The van der Waals surface area contributed by atoms with Gasteiger partial charge in [0.2, 0.25) is 0 Å². The molecule has 0 aliphatic carbocycles. The van der Waals surface area contributed by atoms with Crippen LogP contribution in [-0.4, -0.2) is 29.0 Å². The maximum absolute atomic E-state index is 8.93. The van der Waals surface area contributed by atoms with Crippen LogP contribution in [0.4, 0.5) is 5.69 Å². The SMILES string of the molecule is CCCNc1ccnc(CSCC(C)CO)c1. The quantitative estimate of drug-likeness (QED) is 0.749. The molecule has 4 heteroatoms. The van der Waals surface area contributed by atoms with E-state index in [0.717, 1.165) is 35.9 Å². The molecule has 0 spiro atoms. The number of nitrogens with zero attached hydrogens (tertiary/aromatic N) is 1. The van der Waals surface area contributed by atoms with Crippen molar-refractivity contribution in [2.24, 2.45) is 5.92 Å². The van der Waals surface area contributed by atoms with Gasteiger partial charge in [0.25, 0.3) is 0 Å². The lowest BCUT2D eigenvalue weighted by Gasteiger charge is -2.08. The zero-order chi connectivity index (χ0) is 12.5. The third-order valence-corrected chi connectivity index (χ3v) is 3.66. The number of rotatable bonds is 8. The Morgan fingerprint density at radius 2 is 2.35 bits per heavy atom. The molecular weight excluding hydrogens is 232 g/mol.